The quantitative estimate of drug-likeness (QED) is 0.869. The molecule has 0 saturated heterocycles. The Bertz CT molecular complexity index is 288. The van der Waals surface area contributed by atoms with Gasteiger partial charge in [-0.25, -0.2) is 0 Å². The maximum Gasteiger partial charge on any atom is 0.132 e. The molecule has 3 heteroatoms. The Balaban J connectivity index is 3.08. The maximum absolute atomic E-state index is 5.96. The van der Waals surface area contributed by atoms with Gasteiger partial charge in [0.2, 0.25) is 0 Å². The Kier molecular flexibility index (Phi) is 3.99. The molecule has 0 unspecified atom stereocenters. The van der Waals surface area contributed by atoms with Gasteiger partial charge in [-0.05, 0) is 40.6 Å². The molecule has 0 aliphatic carbocycles. The van der Waals surface area contributed by atoms with Crippen LogP contribution < -0.4 is 10.5 Å². The topological polar surface area (TPSA) is 35.2 Å². The number of halogens is 1. The first-order valence-electron chi connectivity index (χ1n) is 4.28. The van der Waals surface area contributed by atoms with Crippen molar-refractivity contribution in [2.45, 2.75) is 19.4 Å². The van der Waals surface area contributed by atoms with Crippen molar-refractivity contribution in [3.05, 3.63) is 27.3 Å². The number of nitrogens with two attached hydrogens (primary N) is 1. The van der Waals surface area contributed by atoms with Crippen molar-refractivity contribution in [3.8, 4) is 5.75 Å². The third-order valence-corrected chi connectivity index (χ3v) is 3.21. The molecule has 0 spiro atoms. The molecular formula is C10H14INO. The predicted octanol–water partition coefficient (Wildman–Crippen LogP) is 2.71. The molecule has 0 aliphatic rings. The third kappa shape index (κ3) is 2.34. The first kappa shape index (κ1) is 10.8. The minimum absolute atomic E-state index is 0.113. The molecule has 72 valence electrons. The molecule has 1 atom stereocenters. The average molecular weight is 291 g/mol. The van der Waals surface area contributed by atoms with Crippen molar-refractivity contribution < 1.29 is 4.74 Å². The molecule has 1 rings (SSSR count). The smallest absolute Gasteiger partial charge is 0.132 e. The van der Waals surface area contributed by atoms with E-state index >= 15 is 0 Å². The van der Waals surface area contributed by atoms with Crippen LogP contribution in [0.3, 0.4) is 0 Å². The Morgan fingerprint density at radius 3 is 2.77 bits per heavy atom. The lowest BCUT2D eigenvalue weighted by atomic mass is 10.1. The summed E-state index contributed by atoms with van der Waals surface area (Å²) in [6.45, 7) is 2.08. The molecule has 0 aromatic heterocycles. The summed E-state index contributed by atoms with van der Waals surface area (Å²) in [7, 11) is 1.68. The molecule has 1 aromatic carbocycles. The summed E-state index contributed by atoms with van der Waals surface area (Å²) in [5, 5.41) is 0. The van der Waals surface area contributed by atoms with Crippen LogP contribution in [-0.4, -0.2) is 7.11 Å². The second-order valence-electron chi connectivity index (χ2n) is 2.88. The van der Waals surface area contributed by atoms with Crippen LogP contribution in [0.4, 0.5) is 0 Å². The van der Waals surface area contributed by atoms with E-state index in [1.165, 1.54) is 5.56 Å². The summed E-state index contributed by atoms with van der Waals surface area (Å²) >= 11 is 2.27. The molecule has 1 aromatic rings. The maximum atomic E-state index is 5.96. The van der Waals surface area contributed by atoms with Gasteiger partial charge >= 0.3 is 0 Å². The minimum atomic E-state index is 0.113. The lowest BCUT2D eigenvalue weighted by molar-refractivity contribution is 0.410. The van der Waals surface area contributed by atoms with Crippen molar-refractivity contribution in [1.29, 1.82) is 0 Å². The lowest BCUT2D eigenvalue weighted by Crippen LogP contribution is -2.10. The van der Waals surface area contributed by atoms with Gasteiger partial charge in [0.25, 0.3) is 0 Å². The van der Waals surface area contributed by atoms with Crippen molar-refractivity contribution in [1.82, 2.24) is 0 Å². The van der Waals surface area contributed by atoms with Gasteiger partial charge in [-0.15, -0.1) is 0 Å². The number of hydrogen-bond donors (Lipinski definition) is 1. The summed E-state index contributed by atoms with van der Waals surface area (Å²) in [5.74, 6) is 0.905. The summed E-state index contributed by atoms with van der Waals surface area (Å²) in [5.41, 5.74) is 7.13. The molecule has 0 radical (unpaired) electrons. The first-order chi connectivity index (χ1) is 6.20. The van der Waals surface area contributed by atoms with E-state index in [9.17, 15) is 0 Å². The molecule has 0 amide bonds. The normalized spacial score (nSPS) is 12.6. The third-order valence-electron chi connectivity index (χ3n) is 2.05. The van der Waals surface area contributed by atoms with Gasteiger partial charge in [0.1, 0.15) is 5.75 Å². The van der Waals surface area contributed by atoms with Gasteiger partial charge < -0.3 is 10.5 Å². The van der Waals surface area contributed by atoms with Crippen LogP contribution in [-0.2, 0) is 0 Å². The van der Waals surface area contributed by atoms with Crippen LogP contribution >= 0.6 is 22.6 Å². The fourth-order valence-corrected chi connectivity index (χ4v) is 2.17. The largest absolute Gasteiger partial charge is 0.496 e. The Morgan fingerprint density at radius 1 is 1.54 bits per heavy atom. The number of rotatable bonds is 3. The fraction of sp³-hybridized carbons (Fsp3) is 0.400. The fourth-order valence-electron chi connectivity index (χ4n) is 1.19. The minimum Gasteiger partial charge on any atom is -0.496 e. The van der Waals surface area contributed by atoms with Crippen molar-refractivity contribution in [3.63, 3.8) is 0 Å². The predicted molar refractivity (Wildman–Crippen MR) is 62.9 cm³/mol. The molecule has 0 aliphatic heterocycles. The zero-order chi connectivity index (χ0) is 9.84. The van der Waals surface area contributed by atoms with E-state index < -0.39 is 0 Å². The Hall–Kier alpha value is -0.290. The average Bonchev–Trinajstić information content (AvgIpc) is 2.17. The van der Waals surface area contributed by atoms with E-state index in [4.69, 9.17) is 10.5 Å². The number of benzene rings is 1. The van der Waals surface area contributed by atoms with E-state index in [2.05, 4.69) is 35.6 Å². The van der Waals surface area contributed by atoms with E-state index in [0.29, 0.717) is 0 Å². The molecule has 2 nitrogen and oxygen atoms in total. The standard InChI is InChI=1S/C10H14INO/c1-3-8(12)7-5-4-6-9(13-2)10(7)11/h4-6,8H,3,12H2,1-2H3/t8-/m1/s1. The number of hydrogen-bond acceptors (Lipinski definition) is 2. The van der Waals surface area contributed by atoms with Crippen molar-refractivity contribution in [2.75, 3.05) is 7.11 Å². The molecule has 0 saturated carbocycles. The van der Waals surface area contributed by atoms with Crippen LogP contribution in [0.5, 0.6) is 5.75 Å². The molecule has 0 heterocycles. The second kappa shape index (κ2) is 4.81. The second-order valence-corrected chi connectivity index (χ2v) is 3.96. The van der Waals surface area contributed by atoms with Crippen LogP contribution in [0, 0.1) is 3.57 Å². The van der Waals surface area contributed by atoms with Crippen LogP contribution in [0.1, 0.15) is 24.9 Å². The highest BCUT2D eigenvalue weighted by Crippen LogP contribution is 2.28. The van der Waals surface area contributed by atoms with Gasteiger partial charge in [-0.2, -0.15) is 0 Å². The summed E-state index contributed by atoms with van der Waals surface area (Å²) in [6.07, 6.45) is 0.948. The molecule has 2 N–H and O–H groups in total. The van der Waals surface area contributed by atoms with Crippen LogP contribution in [0.15, 0.2) is 18.2 Å². The van der Waals surface area contributed by atoms with Crippen LogP contribution in [0.25, 0.3) is 0 Å². The zero-order valence-corrected chi connectivity index (χ0v) is 10.0. The van der Waals surface area contributed by atoms with Gasteiger partial charge in [-0.1, -0.05) is 19.1 Å². The van der Waals surface area contributed by atoms with E-state index in [1.807, 2.05) is 12.1 Å². The monoisotopic (exact) mass is 291 g/mol. The summed E-state index contributed by atoms with van der Waals surface area (Å²) in [4.78, 5) is 0. The van der Waals surface area contributed by atoms with E-state index in [-0.39, 0.29) is 6.04 Å². The van der Waals surface area contributed by atoms with Crippen molar-refractivity contribution in [2.24, 2.45) is 5.73 Å². The Morgan fingerprint density at radius 2 is 2.23 bits per heavy atom. The lowest BCUT2D eigenvalue weighted by Gasteiger charge is -2.13. The molecule has 13 heavy (non-hydrogen) atoms. The highest BCUT2D eigenvalue weighted by molar-refractivity contribution is 14.1. The first-order valence-corrected chi connectivity index (χ1v) is 5.36. The Labute approximate surface area is 92.6 Å². The number of methoxy groups -OCH3 is 1. The van der Waals surface area contributed by atoms with Crippen LogP contribution in [0.2, 0.25) is 0 Å². The summed E-state index contributed by atoms with van der Waals surface area (Å²) < 4.78 is 6.34. The van der Waals surface area contributed by atoms with Gasteiger partial charge in [-0.3, -0.25) is 0 Å². The summed E-state index contributed by atoms with van der Waals surface area (Å²) in [6, 6.07) is 6.10. The highest BCUT2D eigenvalue weighted by atomic mass is 127. The molecule has 0 bridgehead atoms. The van der Waals surface area contributed by atoms with Gasteiger partial charge in [0, 0.05) is 6.04 Å². The van der Waals surface area contributed by atoms with Gasteiger partial charge in [0.05, 0.1) is 10.7 Å². The van der Waals surface area contributed by atoms with Crippen molar-refractivity contribution >= 4 is 22.6 Å². The SMILES string of the molecule is CC[C@@H](N)c1cccc(OC)c1I. The molecule has 0 fully saturated rings. The zero-order valence-electron chi connectivity index (χ0n) is 7.88. The van der Waals surface area contributed by atoms with E-state index in [0.717, 1.165) is 15.7 Å². The number of ether oxygens (including phenoxy) is 1. The highest BCUT2D eigenvalue weighted by Gasteiger charge is 2.10. The molecular weight excluding hydrogens is 277 g/mol. The van der Waals surface area contributed by atoms with E-state index in [1.54, 1.807) is 7.11 Å². The van der Waals surface area contributed by atoms with Gasteiger partial charge in [0.15, 0.2) is 0 Å².